The first kappa shape index (κ1) is 17.5. The summed E-state index contributed by atoms with van der Waals surface area (Å²) in [5.41, 5.74) is 0.865. The van der Waals surface area contributed by atoms with Crippen LogP contribution in [-0.2, 0) is 19.1 Å². The molecule has 7 nitrogen and oxygen atoms in total. The highest BCUT2D eigenvalue weighted by atomic mass is 16.5. The zero-order valence-electron chi connectivity index (χ0n) is 14.9. The minimum absolute atomic E-state index is 0.125. The highest BCUT2D eigenvalue weighted by Gasteiger charge is 2.59. The average molecular weight is 368 g/mol. The first-order chi connectivity index (χ1) is 13.0. The maximum absolute atomic E-state index is 12.6. The molecule has 3 aliphatic rings. The first-order valence-electron chi connectivity index (χ1n) is 9.10. The summed E-state index contributed by atoms with van der Waals surface area (Å²) in [7, 11) is 0. The molecular weight excluding hydrogens is 348 g/mol. The normalized spacial score (nSPS) is 27.8. The quantitative estimate of drug-likeness (QED) is 0.484. The number of fused-ring (bicyclic) bond motifs is 5. The summed E-state index contributed by atoms with van der Waals surface area (Å²) in [4.78, 5) is 50.2. The molecular formula is C20H20N2O5. The molecule has 1 heterocycles. The van der Waals surface area contributed by atoms with Crippen molar-refractivity contribution in [2.24, 2.45) is 23.7 Å². The molecule has 0 unspecified atom stereocenters. The van der Waals surface area contributed by atoms with Gasteiger partial charge in [-0.2, -0.15) is 0 Å². The van der Waals surface area contributed by atoms with Crippen molar-refractivity contribution in [3.05, 3.63) is 42.0 Å². The van der Waals surface area contributed by atoms with Gasteiger partial charge in [-0.05, 0) is 49.4 Å². The van der Waals surface area contributed by atoms with E-state index in [-0.39, 0.29) is 48.6 Å². The van der Waals surface area contributed by atoms with Crippen LogP contribution in [0.4, 0.5) is 5.69 Å². The van der Waals surface area contributed by atoms with Crippen LogP contribution in [0.1, 0.15) is 23.7 Å². The topological polar surface area (TPSA) is 92.8 Å². The molecule has 2 aliphatic carbocycles. The molecule has 1 saturated heterocycles. The van der Waals surface area contributed by atoms with Gasteiger partial charge in [0.05, 0.1) is 24.0 Å². The number of imide groups is 1. The molecule has 1 aliphatic heterocycles. The van der Waals surface area contributed by atoms with Crippen LogP contribution in [0.5, 0.6) is 0 Å². The van der Waals surface area contributed by atoms with Crippen molar-refractivity contribution in [1.29, 1.82) is 0 Å². The van der Waals surface area contributed by atoms with E-state index in [4.69, 9.17) is 4.74 Å². The number of benzene rings is 1. The number of amides is 3. The third-order valence-corrected chi connectivity index (χ3v) is 5.54. The lowest BCUT2D eigenvalue weighted by molar-refractivity contribution is -0.143. The van der Waals surface area contributed by atoms with Crippen LogP contribution in [0, 0.1) is 23.7 Å². The van der Waals surface area contributed by atoms with Gasteiger partial charge in [0, 0.05) is 5.69 Å². The van der Waals surface area contributed by atoms with Crippen molar-refractivity contribution < 1.29 is 23.9 Å². The molecule has 0 radical (unpaired) electrons. The second-order valence-corrected chi connectivity index (χ2v) is 7.11. The average Bonchev–Trinajstić information content (AvgIpc) is 3.32. The van der Waals surface area contributed by atoms with Gasteiger partial charge in [0.15, 0.2) is 0 Å². The fourth-order valence-corrected chi connectivity index (χ4v) is 4.37. The standard InChI is InChI=1S/C20H20N2O5/c1-2-27-20(26)11-5-7-14(8-6-11)21-15(23)10-22-18(24)16-12-3-4-13(9-12)17(16)19(22)25/h3-8,12-13,16-17H,2,9-10H2,1H3,(H,21,23)/t12-,13+,16+,17-. The van der Waals surface area contributed by atoms with E-state index in [9.17, 15) is 19.2 Å². The number of nitrogens with one attached hydrogen (secondary N) is 1. The predicted molar refractivity (Wildman–Crippen MR) is 95.5 cm³/mol. The van der Waals surface area contributed by atoms with Gasteiger partial charge in [0.1, 0.15) is 6.54 Å². The van der Waals surface area contributed by atoms with Gasteiger partial charge in [-0.1, -0.05) is 12.2 Å². The number of esters is 1. The lowest BCUT2D eigenvalue weighted by atomic mass is 9.85. The summed E-state index contributed by atoms with van der Waals surface area (Å²) >= 11 is 0. The molecule has 4 atom stereocenters. The van der Waals surface area contributed by atoms with E-state index in [1.54, 1.807) is 31.2 Å². The van der Waals surface area contributed by atoms with Gasteiger partial charge in [0.2, 0.25) is 17.7 Å². The van der Waals surface area contributed by atoms with Crippen LogP contribution in [0.2, 0.25) is 0 Å². The van der Waals surface area contributed by atoms with E-state index in [2.05, 4.69) is 5.32 Å². The van der Waals surface area contributed by atoms with Crippen LogP contribution in [0.3, 0.4) is 0 Å². The Bertz CT molecular complexity index is 814. The summed E-state index contributed by atoms with van der Waals surface area (Å²) in [6, 6.07) is 6.26. The van der Waals surface area contributed by atoms with Gasteiger partial charge in [-0.15, -0.1) is 0 Å². The van der Waals surface area contributed by atoms with Crippen molar-refractivity contribution >= 4 is 29.4 Å². The number of rotatable bonds is 5. The molecule has 7 heteroatoms. The molecule has 1 saturated carbocycles. The smallest absolute Gasteiger partial charge is 0.338 e. The van der Waals surface area contributed by atoms with Gasteiger partial charge in [-0.3, -0.25) is 19.3 Å². The monoisotopic (exact) mass is 368 g/mol. The lowest BCUT2D eigenvalue weighted by Gasteiger charge is -2.16. The van der Waals surface area contributed by atoms with E-state index >= 15 is 0 Å². The van der Waals surface area contributed by atoms with Crippen LogP contribution >= 0.6 is 0 Å². The van der Waals surface area contributed by atoms with E-state index in [0.29, 0.717) is 11.3 Å². The fraction of sp³-hybridized carbons (Fsp3) is 0.400. The predicted octanol–water partition coefficient (Wildman–Crippen LogP) is 1.61. The fourth-order valence-electron chi connectivity index (χ4n) is 4.37. The second-order valence-electron chi connectivity index (χ2n) is 7.11. The van der Waals surface area contributed by atoms with Crippen LogP contribution in [0.15, 0.2) is 36.4 Å². The number of hydrogen-bond acceptors (Lipinski definition) is 5. The number of likely N-dealkylation sites (tertiary alicyclic amines) is 1. The van der Waals surface area contributed by atoms with E-state index < -0.39 is 11.9 Å². The van der Waals surface area contributed by atoms with Gasteiger partial charge in [-0.25, -0.2) is 4.79 Å². The van der Waals surface area contributed by atoms with Crippen molar-refractivity contribution in [2.75, 3.05) is 18.5 Å². The van der Waals surface area contributed by atoms with Crippen molar-refractivity contribution in [2.45, 2.75) is 13.3 Å². The number of ether oxygens (including phenoxy) is 1. The summed E-state index contributed by atoms with van der Waals surface area (Å²) < 4.78 is 4.91. The molecule has 1 aromatic rings. The Morgan fingerprint density at radius 2 is 1.67 bits per heavy atom. The molecule has 0 spiro atoms. The zero-order valence-corrected chi connectivity index (χ0v) is 14.9. The molecule has 3 amide bonds. The number of hydrogen-bond donors (Lipinski definition) is 1. The van der Waals surface area contributed by atoms with Gasteiger partial charge < -0.3 is 10.1 Å². The summed E-state index contributed by atoms with van der Waals surface area (Å²) in [5.74, 6) is -1.71. The number of nitrogens with zero attached hydrogens (tertiary/aromatic N) is 1. The number of carbonyl (C=O) groups is 4. The largest absolute Gasteiger partial charge is 0.462 e. The number of anilines is 1. The van der Waals surface area contributed by atoms with Gasteiger partial charge >= 0.3 is 5.97 Å². The Hall–Kier alpha value is -2.96. The third-order valence-electron chi connectivity index (χ3n) is 5.54. The molecule has 140 valence electrons. The van der Waals surface area contributed by atoms with Crippen LogP contribution < -0.4 is 5.32 Å². The Morgan fingerprint density at radius 3 is 2.22 bits per heavy atom. The minimum Gasteiger partial charge on any atom is -0.462 e. The Labute approximate surface area is 156 Å². The summed E-state index contributed by atoms with van der Waals surface area (Å²) in [6.45, 7) is 1.72. The lowest BCUT2D eigenvalue weighted by Crippen LogP contribution is -2.39. The van der Waals surface area contributed by atoms with Crippen molar-refractivity contribution in [3.63, 3.8) is 0 Å². The first-order valence-corrected chi connectivity index (χ1v) is 9.10. The van der Waals surface area contributed by atoms with Gasteiger partial charge in [0.25, 0.3) is 0 Å². The molecule has 2 fully saturated rings. The van der Waals surface area contributed by atoms with Crippen LogP contribution in [-0.4, -0.2) is 41.7 Å². The SMILES string of the molecule is CCOC(=O)c1ccc(NC(=O)CN2C(=O)[C@@H]3[C@H](C2=O)[C@H]2C=C[C@@H]3C2)cc1. The number of carbonyl (C=O) groups excluding carboxylic acids is 4. The Kier molecular flexibility index (Phi) is 4.30. The highest BCUT2D eigenvalue weighted by Crippen LogP contribution is 2.52. The van der Waals surface area contributed by atoms with E-state index in [1.807, 2.05) is 12.2 Å². The molecule has 1 N–H and O–H groups in total. The second kappa shape index (κ2) is 6.64. The number of allylic oxidation sites excluding steroid dienone is 2. The molecule has 2 bridgehead atoms. The minimum atomic E-state index is -0.444. The van der Waals surface area contributed by atoms with E-state index in [1.165, 1.54) is 0 Å². The maximum atomic E-state index is 12.6. The Morgan fingerprint density at radius 1 is 1.07 bits per heavy atom. The summed E-state index contributed by atoms with van der Waals surface area (Å²) in [5, 5.41) is 2.66. The highest BCUT2D eigenvalue weighted by molar-refractivity contribution is 6.09. The molecule has 27 heavy (non-hydrogen) atoms. The maximum Gasteiger partial charge on any atom is 0.338 e. The summed E-state index contributed by atoms with van der Waals surface area (Å²) in [6.07, 6.45) is 4.90. The molecule has 1 aromatic carbocycles. The molecule has 0 aromatic heterocycles. The Balaban J connectivity index is 1.38. The zero-order chi connectivity index (χ0) is 19.1. The van der Waals surface area contributed by atoms with E-state index in [0.717, 1.165) is 11.3 Å². The van der Waals surface area contributed by atoms with Crippen molar-refractivity contribution in [1.82, 2.24) is 4.90 Å². The third kappa shape index (κ3) is 2.93. The molecule has 4 rings (SSSR count). The van der Waals surface area contributed by atoms with Crippen LogP contribution in [0.25, 0.3) is 0 Å². The van der Waals surface area contributed by atoms with Crippen molar-refractivity contribution in [3.8, 4) is 0 Å².